The molecular formula is C8H16O4. The van der Waals surface area contributed by atoms with Gasteiger partial charge in [-0.3, -0.25) is 0 Å². The van der Waals surface area contributed by atoms with Crippen LogP contribution in [0.25, 0.3) is 0 Å². The van der Waals surface area contributed by atoms with Crippen molar-refractivity contribution in [3.05, 3.63) is 0 Å². The molecule has 3 unspecified atom stereocenters. The Morgan fingerprint density at radius 3 is 2.58 bits per heavy atom. The molecule has 1 saturated heterocycles. The molecule has 12 heavy (non-hydrogen) atoms. The van der Waals surface area contributed by atoms with Crippen LogP contribution in [0.1, 0.15) is 13.3 Å². The lowest BCUT2D eigenvalue weighted by molar-refractivity contribution is -0.168. The van der Waals surface area contributed by atoms with Crippen LogP contribution in [-0.4, -0.2) is 46.8 Å². The maximum atomic E-state index is 9.50. The SMILES string of the molecule is CC[C@@H]1C(CO)OCC(O)C1O. The van der Waals surface area contributed by atoms with E-state index in [1.807, 2.05) is 6.92 Å². The van der Waals surface area contributed by atoms with Crippen molar-refractivity contribution in [2.45, 2.75) is 31.7 Å². The minimum atomic E-state index is -0.808. The predicted molar refractivity (Wildman–Crippen MR) is 42.6 cm³/mol. The van der Waals surface area contributed by atoms with Gasteiger partial charge >= 0.3 is 0 Å². The smallest absolute Gasteiger partial charge is 0.104 e. The second-order valence-corrected chi connectivity index (χ2v) is 3.18. The Labute approximate surface area is 71.8 Å². The average molecular weight is 176 g/mol. The van der Waals surface area contributed by atoms with Gasteiger partial charge in [-0.05, 0) is 6.42 Å². The summed E-state index contributed by atoms with van der Waals surface area (Å²) in [5.74, 6) is -0.154. The highest BCUT2D eigenvalue weighted by molar-refractivity contribution is 4.85. The van der Waals surface area contributed by atoms with Gasteiger partial charge in [0.2, 0.25) is 0 Å². The third kappa shape index (κ3) is 1.77. The number of aliphatic hydroxyl groups excluding tert-OH is 3. The first kappa shape index (κ1) is 9.92. The topological polar surface area (TPSA) is 69.9 Å². The van der Waals surface area contributed by atoms with E-state index in [4.69, 9.17) is 9.84 Å². The van der Waals surface area contributed by atoms with Gasteiger partial charge in [-0.2, -0.15) is 0 Å². The zero-order chi connectivity index (χ0) is 9.14. The first-order chi connectivity index (χ1) is 5.70. The van der Waals surface area contributed by atoms with Gasteiger partial charge in [0.25, 0.3) is 0 Å². The van der Waals surface area contributed by atoms with Gasteiger partial charge in [0.05, 0.1) is 25.4 Å². The van der Waals surface area contributed by atoms with E-state index in [2.05, 4.69) is 0 Å². The quantitative estimate of drug-likeness (QED) is 0.511. The van der Waals surface area contributed by atoms with Crippen LogP contribution in [0.2, 0.25) is 0 Å². The molecule has 1 aliphatic heterocycles. The summed E-state index contributed by atoms with van der Waals surface area (Å²) in [7, 11) is 0. The Morgan fingerprint density at radius 1 is 1.42 bits per heavy atom. The van der Waals surface area contributed by atoms with E-state index in [-0.39, 0.29) is 25.2 Å². The van der Waals surface area contributed by atoms with Crippen LogP contribution in [0.15, 0.2) is 0 Å². The van der Waals surface area contributed by atoms with Crippen molar-refractivity contribution >= 4 is 0 Å². The molecule has 1 aliphatic rings. The Morgan fingerprint density at radius 2 is 2.08 bits per heavy atom. The number of ether oxygens (including phenoxy) is 1. The fraction of sp³-hybridized carbons (Fsp3) is 1.00. The highest BCUT2D eigenvalue weighted by Gasteiger charge is 2.36. The lowest BCUT2D eigenvalue weighted by Gasteiger charge is -2.37. The van der Waals surface area contributed by atoms with Crippen LogP contribution < -0.4 is 0 Å². The third-order valence-corrected chi connectivity index (χ3v) is 2.44. The molecule has 0 aliphatic carbocycles. The first-order valence-electron chi connectivity index (χ1n) is 4.29. The maximum Gasteiger partial charge on any atom is 0.104 e. The van der Waals surface area contributed by atoms with E-state index < -0.39 is 12.2 Å². The summed E-state index contributed by atoms with van der Waals surface area (Å²) in [4.78, 5) is 0. The number of hydrogen-bond acceptors (Lipinski definition) is 4. The summed E-state index contributed by atoms with van der Waals surface area (Å²) >= 11 is 0. The molecule has 0 spiro atoms. The summed E-state index contributed by atoms with van der Waals surface area (Å²) < 4.78 is 5.15. The summed E-state index contributed by atoms with van der Waals surface area (Å²) in [5, 5.41) is 27.6. The molecule has 3 N–H and O–H groups in total. The third-order valence-electron chi connectivity index (χ3n) is 2.44. The van der Waals surface area contributed by atoms with Gasteiger partial charge in [0.15, 0.2) is 0 Å². The predicted octanol–water partition coefficient (Wildman–Crippen LogP) is -0.875. The van der Waals surface area contributed by atoms with E-state index in [0.717, 1.165) is 0 Å². The zero-order valence-corrected chi connectivity index (χ0v) is 7.18. The summed E-state index contributed by atoms with van der Waals surface area (Å²) in [6.45, 7) is 1.92. The van der Waals surface area contributed by atoms with Crippen LogP contribution in [0.3, 0.4) is 0 Å². The van der Waals surface area contributed by atoms with Crippen molar-refractivity contribution in [2.75, 3.05) is 13.2 Å². The molecule has 72 valence electrons. The summed E-state index contributed by atoms with van der Waals surface area (Å²) in [6.07, 6.45) is -1.20. The number of aliphatic hydroxyl groups is 3. The molecule has 0 aromatic carbocycles. The summed E-state index contributed by atoms with van der Waals surface area (Å²) in [5.41, 5.74) is 0. The molecule has 4 atom stereocenters. The number of hydrogen-bond donors (Lipinski definition) is 3. The molecule has 4 nitrogen and oxygen atoms in total. The van der Waals surface area contributed by atoms with Gasteiger partial charge in [-0.1, -0.05) is 6.92 Å². The Hall–Kier alpha value is -0.160. The van der Waals surface area contributed by atoms with Gasteiger partial charge in [0, 0.05) is 5.92 Å². The van der Waals surface area contributed by atoms with E-state index in [0.29, 0.717) is 6.42 Å². The second kappa shape index (κ2) is 4.18. The molecule has 1 fully saturated rings. The molecule has 0 radical (unpaired) electrons. The lowest BCUT2D eigenvalue weighted by atomic mass is 9.88. The molecule has 0 amide bonds. The molecule has 1 rings (SSSR count). The highest BCUT2D eigenvalue weighted by Crippen LogP contribution is 2.24. The van der Waals surface area contributed by atoms with Crippen LogP contribution in [-0.2, 0) is 4.74 Å². The van der Waals surface area contributed by atoms with E-state index in [9.17, 15) is 10.2 Å². The average Bonchev–Trinajstić information content (AvgIpc) is 2.09. The Kier molecular flexibility index (Phi) is 3.46. The Bertz CT molecular complexity index is 137. The second-order valence-electron chi connectivity index (χ2n) is 3.18. The normalized spacial score (nSPS) is 43.0. The molecular weight excluding hydrogens is 160 g/mol. The van der Waals surface area contributed by atoms with Gasteiger partial charge in [-0.25, -0.2) is 0 Å². The highest BCUT2D eigenvalue weighted by atomic mass is 16.5. The molecule has 1 heterocycles. The standard InChI is InChI=1S/C8H16O4/c1-2-5-7(3-9)12-4-6(10)8(5)11/h5-11H,2-4H2,1H3/t5-,6?,7?,8?/m1/s1. The summed E-state index contributed by atoms with van der Waals surface area (Å²) in [6, 6.07) is 0. The van der Waals surface area contributed by atoms with Crippen molar-refractivity contribution in [3.63, 3.8) is 0 Å². The zero-order valence-electron chi connectivity index (χ0n) is 7.18. The van der Waals surface area contributed by atoms with E-state index in [1.165, 1.54) is 0 Å². The molecule has 0 aromatic rings. The molecule has 4 heteroatoms. The monoisotopic (exact) mass is 176 g/mol. The van der Waals surface area contributed by atoms with Crippen LogP contribution in [0.4, 0.5) is 0 Å². The maximum absolute atomic E-state index is 9.50. The number of rotatable bonds is 2. The Balaban J connectivity index is 2.58. The first-order valence-corrected chi connectivity index (χ1v) is 4.29. The molecule has 0 saturated carbocycles. The van der Waals surface area contributed by atoms with E-state index in [1.54, 1.807) is 0 Å². The minimum absolute atomic E-state index is 0.0950. The van der Waals surface area contributed by atoms with Crippen molar-refractivity contribution in [2.24, 2.45) is 5.92 Å². The van der Waals surface area contributed by atoms with Crippen LogP contribution in [0.5, 0.6) is 0 Å². The van der Waals surface area contributed by atoms with Crippen molar-refractivity contribution < 1.29 is 20.1 Å². The lowest BCUT2D eigenvalue weighted by Crippen LogP contribution is -2.50. The van der Waals surface area contributed by atoms with Crippen molar-refractivity contribution in [1.29, 1.82) is 0 Å². The van der Waals surface area contributed by atoms with Gasteiger partial charge in [-0.15, -0.1) is 0 Å². The largest absolute Gasteiger partial charge is 0.394 e. The fourth-order valence-corrected chi connectivity index (χ4v) is 1.64. The van der Waals surface area contributed by atoms with Crippen LogP contribution >= 0.6 is 0 Å². The molecule has 0 bridgehead atoms. The van der Waals surface area contributed by atoms with E-state index >= 15 is 0 Å². The van der Waals surface area contributed by atoms with Crippen molar-refractivity contribution in [1.82, 2.24) is 0 Å². The van der Waals surface area contributed by atoms with Gasteiger partial charge < -0.3 is 20.1 Å². The fourth-order valence-electron chi connectivity index (χ4n) is 1.64. The van der Waals surface area contributed by atoms with Crippen molar-refractivity contribution in [3.8, 4) is 0 Å². The van der Waals surface area contributed by atoms with Crippen LogP contribution in [0, 0.1) is 5.92 Å². The van der Waals surface area contributed by atoms with Gasteiger partial charge in [0.1, 0.15) is 6.10 Å². The molecule has 0 aromatic heterocycles. The minimum Gasteiger partial charge on any atom is -0.394 e.